The standard InChI is InChI=1S/C19H21N5O3/c1-12-15-10-13(11-21-17(15)24(2)23-12)18(25)22-16-7-5-4-6-14(16)19(26)20-8-9-27-3/h4-7,10-11H,8-9H2,1-3H3,(H,20,26)(H,22,25). The number of hydrogen-bond donors (Lipinski definition) is 2. The highest BCUT2D eigenvalue weighted by atomic mass is 16.5. The number of anilines is 1. The van der Waals surface area contributed by atoms with Crippen molar-refractivity contribution in [3.05, 3.63) is 53.3 Å². The first-order valence-corrected chi connectivity index (χ1v) is 8.48. The second kappa shape index (κ2) is 7.96. The molecule has 0 saturated heterocycles. The maximum atomic E-state index is 12.7. The number of carbonyl (C=O) groups is 2. The van der Waals surface area contributed by atoms with Crippen LogP contribution in [0.3, 0.4) is 0 Å². The van der Waals surface area contributed by atoms with Crippen LogP contribution in [-0.2, 0) is 11.8 Å². The van der Waals surface area contributed by atoms with Crippen molar-refractivity contribution < 1.29 is 14.3 Å². The summed E-state index contributed by atoms with van der Waals surface area (Å²) < 4.78 is 6.60. The van der Waals surface area contributed by atoms with Crippen LogP contribution in [0.2, 0.25) is 0 Å². The monoisotopic (exact) mass is 367 g/mol. The van der Waals surface area contributed by atoms with E-state index in [-0.39, 0.29) is 11.8 Å². The SMILES string of the molecule is COCCNC(=O)c1ccccc1NC(=O)c1cnc2c(c1)c(C)nn2C. The molecule has 0 aliphatic rings. The fraction of sp³-hybridized carbons (Fsp3) is 0.263. The highest BCUT2D eigenvalue weighted by molar-refractivity contribution is 6.09. The van der Waals surface area contributed by atoms with E-state index >= 15 is 0 Å². The van der Waals surface area contributed by atoms with Gasteiger partial charge in [0.25, 0.3) is 11.8 Å². The fourth-order valence-corrected chi connectivity index (χ4v) is 2.78. The van der Waals surface area contributed by atoms with Gasteiger partial charge in [-0.2, -0.15) is 5.10 Å². The minimum Gasteiger partial charge on any atom is -0.383 e. The number of rotatable bonds is 6. The van der Waals surface area contributed by atoms with Crippen LogP contribution in [0.5, 0.6) is 0 Å². The quantitative estimate of drug-likeness (QED) is 0.649. The molecule has 140 valence electrons. The third-order valence-electron chi connectivity index (χ3n) is 4.14. The molecule has 0 unspecified atom stereocenters. The predicted molar refractivity (Wildman–Crippen MR) is 102 cm³/mol. The molecule has 0 spiro atoms. The molecule has 2 aromatic heterocycles. The number of carbonyl (C=O) groups excluding carboxylic acids is 2. The number of pyridine rings is 1. The van der Waals surface area contributed by atoms with Crippen LogP contribution in [0.15, 0.2) is 36.5 Å². The number of hydrogen-bond acceptors (Lipinski definition) is 5. The normalized spacial score (nSPS) is 10.8. The lowest BCUT2D eigenvalue weighted by atomic mass is 10.1. The Morgan fingerprint density at radius 2 is 2.00 bits per heavy atom. The molecule has 8 nitrogen and oxygen atoms in total. The van der Waals surface area contributed by atoms with Crippen LogP contribution in [0.4, 0.5) is 5.69 Å². The molecule has 8 heteroatoms. The summed E-state index contributed by atoms with van der Waals surface area (Å²) in [6.45, 7) is 2.67. The Labute approximate surface area is 156 Å². The van der Waals surface area contributed by atoms with Crippen molar-refractivity contribution in [2.24, 2.45) is 7.05 Å². The average Bonchev–Trinajstić information content (AvgIpc) is 2.95. The molecule has 3 aromatic rings. The molecule has 0 atom stereocenters. The van der Waals surface area contributed by atoms with Crippen molar-refractivity contribution in [3.8, 4) is 0 Å². The van der Waals surface area contributed by atoms with Crippen LogP contribution >= 0.6 is 0 Å². The number of fused-ring (bicyclic) bond motifs is 1. The minimum absolute atomic E-state index is 0.278. The largest absolute Gasteiger partial charge is 0.383 e. The molecule has 0 fully saturated rings. The van der Waals surface area contributed by atoms with E-state index in [1.165, 1.54) is 6.20 Å². The summed E-state index contributed by atoms with van der Waals surface area (Å²) >= 11 is 0. The topological polar surface area (TPSA) is 98.1 Å². The van der Waals surface area contributed by atoms with Gasteiger partial charge in [0.15, 0.2) is 5.65 Å². The molecule has 3 rings (SSSR count). The maximum absolute atomic E-state index is 12.7. The van der Waals surface area contributed by atoms with Crippen LogP contribution in [0.25, 0.3) is 11.0 Å². The van der Waals surface area contributed by atoms with E-state index in [4.69, 9.17) is 4.74 Å². The van der Waals surface area contributed by atoms with Gasteiger partial charge in [0, 0.05) is 32.3 Å². The molecular formula is C19H21N5O3. The molecule has 0 saturated carbocycles. The van der Waals surface area contributed by atoms with Crippen molar-refractivity contribution >= 4 is 28.5 Å². The van der Waals surface area contributed by atoms with E-state index in [9.17, 15) is 9.59 Å². The van der Waals surface area contributed by atoms with Gasteiger partial charge in [0.05, 0.1) is 29.1 Å². The Kier molecular flexibility index (Phi) is 5.46. The summed E-state index contributed by atoms with van der Waals surface area (Å²) in [6, 6.07) is 8.60. The second-order valence-electron chi connectivity index (χ2n) is 6.05. The van der Waals surface area contributed by atoms with E-state index in [0.29, 0.717) is 35.6 Å². The lowest BCUT2D eigenvalue weighted by molar-refractivity contribution is 0.0938. The third-order valence-corrected chi connectivity index (χ3v) is 4.14. The molecule has 0 aliphatic carbocycles. The summed E-state index contributed by atoms with van der Waals surface area (Å²) in [7, 11) is 3.37. The van der Waals surface area contributed by atoms with Gasteiger partial charge in [-0.3, -0.25) is 14.3 Å². The van der Waals surface area contributed by atoms with Crippen molar-refractivity contribution in [2.45, 2.75) is 6.92 Å². The Hall–Kier alpha value is -3.26. The number of aryl methyl sites for hydroxylation is 2. The molecule has 2 heterocycles. The van der Waals surface area contributed by atoms with E-state index < -0.39 is 0 Å². The van der Waals surface area contributed by atoms with Gasteiger partial charge in [-0.05, 0) is 25.1 Å². The minimum atomic E-state index is -0.343. The number of benzene rings is 1. The summed E-state index contributed by atoms with van der Waals surface area (Å²) in [5.74, 6) is -0.621. The van der Waals surface area contributed by atoms with Gasteiger partial charge >= 0.3 is 0 Å². The third kappa shape index (κ3) is 3.95. The average molecular weight is 367 g/mol. The summed E-state index contributed by atoms with van der Waals surface area (Å²) in [5, 5.41) is 10.7. The highest BCUT2D eigenvalue weighted by Crippen LogP contribution is 2.19. The molecule has 2 N–H and O–H groups in total. The first-order valence-electron chi connectivity index (χ1n) is 8.48. The molecule has 0 aliphatic heterocycles. The molecule has 0 radical (unpaired) electrons. The van der Waals surface area contributed by atoms with E-state index in [0.717, 1.165) is 11.1 Å². The first-order chi connectivity index (χ1) is 13.0. The van der Waals surface area contributed by atoms with Crippen LogP contribution in [-0.4, -0.2) is 46.8 Å². The number of nitrogens with zero attached hydrogens (tertiary/aromatic N) is 3. The lowest BCUT2D eigenvalue weighted by Gasteiger charge is -2.11. The van der Waals surface area contributed by atoms with Gasteiger partial charge in [0.1, 0.15) is 0 Å². The number of para-hydroxylation sites is 1. The van der Waals surface area contributed by atoms with Crippen molar-refractivity contribution in [1.29, 1.82) is 0 Å². The van der Waals surface area contributed by atoms with E-state index in [2.05, 4.69) is 20.7 Å². The summed E-state index contributed by atoms with van der Waals surface area (Å²) in [4.78, 5) is 29.3. The van der Waals surface area contributed by atoms with Crippen molar-refractivity contribution in [2.75, 3.05) is 25.6 Å². The van der Waals surface area contributed by atoms with Gasteiger partial charge in [-0.15, -0.1) is 0 Å². The van der Waals surface area contributed by atoms with Crippen molar-refractivity contribution in [1.82, 2.24) is 20.1 Å². The summed E-state index contributed by atoms with van der Waals surface area (Å²) in [5.41, 5.74) is 2.72. The zero-order chi connectivity index (χ0) is 19.4. The first kappa shape index (κ1) is 18.5. The molecule has 2 amide bonds. The zero-order valence-electron chi connectivity index (χ0n) is 15.4. The smallest absolute Gasteiger partial charge is 0.257 e. The Morgan fingerprint density at radius 3 is 2.78 bits per heavy atom. The Balaban J connectivity index is 1.82. The summed E-state index contributed by atoms with van der Waals surface area (Å²) in [6.07, 6.45) is 1.50. The molecule has 27 heavy (non-hydrogen) atoms. The molecule has 1 aromatic carbocycles. The lowest BCUT2D eigenvalue weighted by Crippen LogP contribution is -2.28. The molecule has 0 bridgehead atoms. The number of methoxy groups -OCH3 is 1. The van der Waals surface area contributed by atoms with Gasteiger partial charge in [-0.25, -0.2) is 4.98 Å². The second-order valence-corrected chi connectivity index (χ2v) is 6.05. The van der Waals surface area contributed by atoms with Crippen LogP contribution in [0, 0.1) is 6.92 Å². The molecular weight excluding hydrogens is 346 g/mol. The van der Waals surface area contributed by atoms with Gasteiger partial charge in [-0.1, -0.05) is 12.1 Å². The number of ether oxygens (including phenoxy) is 1. The van der Waals surface area contributed by atoms with Crippen LogP contribution < -0.4 is 10.6 Å². The Bertz CT molecular complexity index is 996. The van der Waals surface area contributed by atoms with Gasteiger partial charge < -0.3 is 15.4 Å². The zero-order valence-corrected chi connectivity index (χ0v) is 15.4. The Morgan fingerprint density at radius 1 is 1.22 bits per heavy atom. The number of nitrogens with one attached hydrogen (secondary N) is 2. The van der Waals surface area contributed by atoms with Crippen molar-refractivity contribution in [3.63, 3.8) is 0 Å². The van der Waals surface area contributed by atoms with Gasteiger partial charge in [0.2, 0.25) is 0 Å². The highest BCUT2D eigenvalue weighted by Gasteiger charge is 2.15. The van der Waals surface area contributed by atoms with E-state index in [1.807, 2.05) is 6.92 Å². The fourth-order valence-electron chi connectivity index (χ4n) is 2.78. The number of aromatic nitrogens is 3. The number of amides is 2. The maximum Gasteiger partial charge on any atom is 0.257 e. The van der Waals surface area contributed by atoms with Crippen LogP contribution in [0.1, 0.15) is 26.4 Å². The van der Waals surface area contributed by atoms with E-state index in [1.54, 1.807) is 49.2 Å². The predicted octanol–water partition coefficient (Wildman–Crippen LogP) is 1.91.